The minimum absolute atomic E-state index is 0.0516. The number of aliphatic hydroxyl groups is 1. The maximum atomic E-state index is 14.8. The summed E-state index contributed by atoms with van der Waals surface area (Å²) in [5.74, 6) is -5.70. The standard InChI is InChI=1S/C32H29F4NO7S/c1-18-10-19(2)30(20(3)11-18)31(41)37(15-24-8-9-28(44-24)32(34,35)36)14-21-4-6-22(7-5-21)23-12-26(33)25(16-38)27(13-23)45(42,43)17-29(39)40/h4-13,38H,14-17H2,1-3H3,(H,39,40). The summed E-state index contributed by atoms with van der Waals surface area (Å²) in [6, 6.07) is 13.9. The number of carbonyl (C=O) groups excluding carboxylic acids is 1. The largest absolute Gasteiger partial charge is 0.480 e. The average molecular weight is 648 g/mol. The highest BCUT2D eigenvalue weighted by atomic mass is 32.2. The molecule has 0 atom stereocenters. The van der Waals surface area contributed by atoms with Gasteiger partial charge in [0.05, 0.1) is 18.0 Å². The van der Waals surface area contributed by atoms with Crippen LogP contribution in [0.1, 0.15) is 49.7 Å². The molecule has 1 heterocycles. The first kappa shape index (κ1) is 33.4. The van der Waals surface area contributed by atoms with Gasteiger partial charge in [-0.25, -0.2) is 12.8 Å². The van der Waals surface area contributed by atoms with E-state index in [4.69, 9.17) is 9.52 Å². The summed E-state index contributed by atoms with van der Waals surface area (Å²) in [6.45, 7) is 4.11. The fourth-order valence-electron chi connectivity index (χ4n) is 5.15. The van der Waals surface area contributed by atoms with Gasteiger partial charge in [0.15, 0.2) is 15.6 Å². The number of aliphatic carboxylic acids is 1. The number of carboxylic acid groups (broad SMARTS) is 1. The summed E-state index contributed by atoms with van der Waals surface area (Å²) < 4.78 is 84.6. The number of rotatable bonds is 10. The number of nitrogens with zero attached hydrogens (tertiary/aromatic N) is 1. The predicted octanol–water partition coefficient (Wildman–Crippen LogP) is 6.22. The van der Waals surface area contributed by atoms with Crippen molar-refractivity contribution < 1.29 is 50.2 Å². The number of carbonyl (C=O) groups is 2. The third-order valence-electron chi connectivity index (χ3n) is 7.09. The van der Waals surface area contributed by atoms with Crippen LogP contribution in [0.5, 0.6) is 0 Å². The van der Waals surface area contributed by atoms with Crippen LogP contribution < -0.4 is 0 Å². The van der Waals surface area contributed by atoms with E-state index in [9.17, 15) is 40.7 Å². The van der Waals surface area contributed by atoms with Crippen molar-refractivity contribution in [2.45, 2.75) is 51.5 Å². The van der Waals surface area contributed by atoms with Crippen LogP contribution in [-0.2, 0) is 40.5 Å². The molecule has 238 valence electrons. The van der Waals surface area contributed by atoms with Gasteiger partial charge in [-0.05, 0) is 72.9 Å². The molecule has 13 heteroatoms. The molecule has 1 aromatic heterocycles. The Labute approximate surface area is 256 Å². The molecule has 4 rings (SSSR count). The van der Waals surface area contributed by atoms with Crippen LogP contribution in [-0.4, -0.2) is 41.2 Å². The van der Waals surface area contributed by atoms with Crippen molar-refractivity contribution in [2.24, 2.45) is 0 Å². The number of amides is 1. The molecule has 0 aliphatic rings. The number of halogens is 4. The zero-order valence-electron chi connectivity index (χ0n) is 24.4. The molecule has 2 N–H and O–H groups in total. The number of aryl methyl sites for hydroxylation is 3. The number of furan rings is 1. The van der Waals surface area contributed by atoms with Crippen LogP contribution in [0.25, 0.3) is 11.1 Å². The lowest BCUT2D eigenvalue weighted by Crippen LogP contribution is -2.31. The molecular formula is C32H29F4NO7S. The van der Waals surface area contributed by atoms with Gasteiger partial charge >= 0.3 is 12.1 Å². The summed E-state index contributed by atoms with van der Waals surface area (Å²) in [5, 5.41) is 18.6. The maximum absolute atomic E-state index is 14.8. The van der Waals surface area contributed by atoms with E-state index in [0.717, 1.165) is 29.8 Å². The minimum Gasteiger partial charge on any atom is -0.480 e. The van der Waals surface area contributed by atoms with Crippen LogP contribution in [0.3, 0.4) is 0 Å². The number of hydrogen-bond acceptors (Lipinski definition) is 6. The highest BCUT2D eigenvalue weighted by Gasteiger charge is 2.35. The summed E-state index contributed by atoms with van der Waals surface area (Å²) in [5.41, 5.74) is 3.14. The van der Waals surface area contributed by atoms with E-state index in [1.165, 1.54) is 17.0 Å². The van der Waals surface area contributed by atoms with Gasteiger partial charge in [-0.2, -0.15) is 13.2 Å². The first-order valence-corrected chi connectivity index (χ1v) is 15.2. The SMILES string of the molecule is Cc1cc(C)c(C(=O)N(Cc2ccc(-c3cc(F)c(CO)c(S(=O)(=O)CC(=O)O)c3)cc2)Cc2ccc(C(F)(F)F)o2)c(C)c1. The molecule has 0 unspecified atom stereocenters. The molecule has 0 aliphatic heterocycles. The van der Waals surface area contributed by atoms with Crippen molar-refractivity contribution in [2.75, 3.05) is 5.75 Å². The van der Waals surface area contributed by atoms with Gasteiger partial charge in [-0.15, -0.1) is 0 Å². The quantitative estimate of drug-likeness (QED) is 0.196. The number of aliphatic hydroxyl groups excluding tert-OH is 1. The zero-order chi connectivity index (χ0) is 33.3. The second kappa shape index (κ2) is 12.9. The van der Waals surface area contributed by atoms with Crippen molar-refractivity contribution in [3.63, 3.8) is 0 Å². The lowest BCUT2D eigenvalue weighted by molar-refractivity contribution is -0.153. The van der Waals surface area contributed by atoms with E-state index in [1.807, 2.05) is 19.1 Å². The van der Waals surface area contributed by atoms with E-state index in [2.05, 4.69) is 0 Å². The molecule has 1 amide bonds. The number of alkyl halides is 3. The second-order valence-corrected chi connectivity index (χ2v) is 12.6. The van der Waals surface area contributed by atoms with Gasteiger partial charge < -0.3 is 19.5 Å². The van der Waals surface area contributed by atoms with Crippen LogP contribution in [0, 0.1) is 26.6 Å². The Morgan fingerprint density at radius 2 is 1.51 bits per heavy atom. The topological polar surface area (TPSA) is 125 Å². The molecule has 0 bridgehead atoms. The Kier molecular flexibility index (Phi) is 9.54. The summed E-state index contributed by atoms with van der Waals surface area (Å²) in [7, 11) is -4.49. The molecule has 8 nitrogen and oxygen atoms in total. The molecule has 3 aromatic carbocycles. The molecule has 45 heavy (non-hydrogen) atoms. The Morgan fingerprint density at radius 1 is 0.889 bits per heavy atom. The van der Waals surface area contributed by atoms with E-state index < -0.39 is 62.3 Å². The maximum Gasteiger partial charge on any atom is 0.449 e. The zero-order valence-corrected chi connectivity index (χ0v) is 25.2. The smallest absolute Gasteiger partial charge is 0.449 e. The Bertz CT molecular complexity index is 1840. The van der Waals surface area contributed by atoms with Crippen molar-refractivity contribution >= 4 is 21.7 Å². The van der Waals surface area contributed by atoms with Gasteiger partial charge in [-0.3, -0.25) is 9.59 Å². The molecule has 0 aliphatic carbocycles. The van der Waals surface area contributed by atoms with E-state index in [0.29, 0.717) is 27.8 Å². The van der Waals surface area contributed by atoms with Gasteiger partial charge in [0, 0.05) is 17.7 Å². The third kappa shape index (κ3) is 7.60. The predicted molar refractivity (Wildman–Crippen MR) is 155 cm³/mol. The van der Waals surface area contributed by atoms with E-state index >= 15 is 0 Å². The Balaban J connectivity index is 1.69. The summed E-state index contributed by atoms with van der Waals surface area (Å²) >= 11 is 0. The summed E-state index contributed by atoms with van der Waals surface area (Å²) in [4.78, 5) is 25.6. The highest BCUT2D eigenvalue weighted by Crippen LogP contribution is 2.32. The number of benzene rings is 3. The molecular weight excluding hydrogens is 618 g/mol. The first-order chi connectivity index (χ1) is 21.0. The molecule has 0 spiro atoms. The lowest BCUT2D eigenvalue weighted by atomic mass is 9.98. The Morgan fingerprint density at radius 3 is 2.04 bits per heavy atom. The number of hydrogen-bond donors (Lipinski definition) is 2. The molecule has 0 fully saturated rings. The normalized spacial score (nSPS) is 11.9. The fraction of sp³-hybridized carbons (Fsp3) is 0.250. The van der Waals surface area contributed by atoms with Gasteiger partial charge in [0.1, 0.15) is 11.6 Å². The molecule has 0 saturated heterocycles. The van der Waals surface area contributed by atoms with Crippen LogP contribution in [0.4, 0.5) is 17.6 Å². The van der Waals surface area contributed by atoms with Crippen molar-refractivity contribution in [3.8, 4) is 11.1 Å². The van der Waals surface area contributed by atoms with Gasteiger partial charge in [0.25, 0.3) is 5.91 Å². The molecule has 0 saturated carbocycles. The fourth-order valence-corrected chi connectivity index (χ4v) is 6.48. The number of sulfone groups is 1. The van der Waals surface area contributed by atoms with E-state index in [-0.39, 0.29) is 24.4 Å². The van der Waals surface area contributed by atoms with E-state index in [1.54, 1.807) is 26.0 Å². The Hall–Kier alpha value is -4.49. The first-order valence-electron chi connectivity index (χ1n) is 13.5. The average Bonchev–Trinajstić information content (AvgIpc) is 3.41. The molecule has 4 aromatic rings. The minimum atomic E-state index is -4.70. The van der Waals surface area contributed by atoms with Crippen molar-refractivity contribution in [3.05, 3.63) is 111 Å². The van der Waals surface area contributed by atoms with Crippen LogP contribution >= 0.6 is 0 Å². The summed E-state index contributed by atoms with van der Waals surface area (Å²) in [6.07, 6.45) is -4.70. The lowest BCUT2D eigenvalue weighted by Gasteiger charge is -2.24. The van der Waals surface area contributed by atoms with Gasteiger partial charge in [0.2, 0.25) is 5.76 Å². The third-order valence-corrected chi connectivity index (χ3v) is 8.75. The highest BCUT2D eigenvalue weighted by molar-refractivity contribution is 7.92. The number of carboxylic acids is 1. The van der Waals surface area contributed by atoms with Gasteiger partial charge in [-0.1, -0.05) is 42.0 Å². The van der Waals surface area contributed by atoms with Crippen molar-refractivity contribution in [1.82, 2.24) is 4.90 Å². The molecule has 0 radical (unpaired) electrons. The second-order valence-electron chi connectivity index (χ2n) is 10.6. The van der Waals surface area contributed by atoms with Crippen LogP contribution in [0.2, 0.25) is 0 Å². The van der Waals surface area contributed by atoms with Crippen LogP contribution in [0.15, 0.2) is 70.0 Å². The van der Waals surface area contributed by atoms with Crippen molar-refractivity contribution in [1.29, 1.82) is 0 Å². The monoisotopic (exact) mass is 647 g/mol.